The fourth-order valence-electron chi connectivity index (χ4n) is 4.65. The molecule has 1 fully saturated rings. The molecule has 2 aromatic carbocycles. The molecule has 2 aliphatic heterocycles. The summed E-state index contributed by atoms with van der Waals surface area (Å²) >= 11 is 0. The van der Waals surface area contributed by atoms with E-state index >= 15 is 0 Å². The molecule has 0 radical (unpaired) electrons. The van der Waals surface area contributed by atoms with Gasteiger partial charge in [-0.15, -0.1) is 0 Å². The van der Waals surface area contributed by atoms with Crippen LogP contribution in [0.1, 0.15) is 42.9 Å². The van der Waals surface area contributed by atoms with Crippen LogP contribution in [-0.2, 0) is 26.0 Å². The molecule has 0 spiro atoms. The van der Waals surface area contributed by atoms with Crippen LogP contribution in [0.3, 0.4) is 0 Å². The zero-order valence-corrected chi connectivity index (χ0v) is 20.2. The van der Waals surface area contributed by atoms with Crippen LogP contribution in [0, 0.1) is 19.8 Å². The van der Waals surface area contributed by atoms with Crippen molar-refractivity contribution in [2.75, 3.05) is 29.9 Å². The number of nitrogens with zero attached hydrogens (tertiary/aromatic N) is 2. The van der Waals surface area contributed by atoms with Gasteiger partial charge >= 0.3 is 0 Å². The molecule has 2 aromatic rings. The van der Waals surface area contributed by atoms with Crippen molar-refractivity contribution in [2.45, 2.75) is 51.3 Å². The molecule has 2 aliphatic rings. The van der Waals surface area contributed by atoms with Crippen molar-refractivity contribution >= 4 is 33.2 Å². The van der Waals surface area contributed by atoms with Gasteiger partial charge in [0.2, 0.25) is 21.8 Å². The van der Waals surface area contributed by atoms with Crippen molar-refractivity contribution in [1.29, 1.82) is 0 Å². The van der Waals surface area contributed by atoms with Gasteiger partial charge in [-0.2, -0.15) is 4.31 Å². The van der Waals surface area contributed by atoms with Crippen molar-refractivity contribution in [2.24, 2.45) is 5.92 Å². The Balaban J connectivity index is 1.51. The molecule has 1 saturated heterocycles. The zero-order valence-electron chi connectivity index (χ0n) is 19.4. The summed E-state index contributed by atoms with van der Waals surface area (Å²) in [6.07, 6.45) is 2.83. The molecule has 1 N–H and O–H groups in total. The minimum Gasteiger partial charge on any atom is -0.326 e. The highest BCUT2D eigenvalue weighted by Crippen LogP contribution is 2.32. The van der Waals surface area contributed by atoms with Crippen LogP contribution in [0.2, 0.25) is 0 Å². The smallest absolute Gasteiger partial charge is 0.243 e. The highest BCUT2D eigenvalue weighted by atomic mass is 32.2. The molecule has 7 nitrogen and oxygen atoms in total. The van der Waals surface area contributed by atoms with Crippen LogP contribution < -0.4 is 10.2 Å². The van der Waals surface area contributed by atoms with E-state index in [1.807, 2.05) is 32.0 Å². The van der Waals surface area contributed by atoms with Crippen LogP contribution in [0.25, 0.3) is 0 Å². The van der Waals surface area contributed by atoms with Crippen LogP contribution >= 0.6 is 0 Å². The molecule has 0 bridgehead atoms. The number of anilines is 2. The summed E-state index contributed by atoms with van der Waals surface area (Å²) in [6.45, 7) is 6.74. The highest BCUT2D eigenvalue weighted by Gasteiger charge is 2.34. The Kier molecular flexibility index (Phi) is 6.59. The van der Waals surface area contributed by atoms with Gasteiger partial charge in [-0.1, -0.05) is 6.07 Å². The van der Waals surface area contributed by atoms with Gasteiger partial charge in [0, 0.05) is 37.9 Å². The van der Waals surface area contributed by atoms with E-state index in [4.69, 9.17) is 0 Å². The van der Waals surface area contributed by atoms with Crippen LogP contribution in [0.15, 0.2) is 41.3 Å². The van der Waals surface area contributed by atoms with E-state index in [9.17, 15) is 18.0 Å². The molecule has 8 heteroatoms. The second-order valence-electron chi connectivity index (χ2n) is 9.06. The van der Waals surface area contributed by atoms with E-state index in [1.165, 1.54) is 11.2 Å². The first-order valence-electron chi connectivity index (χ1n) is 11.5. The normalized spacial score (nSPS) is 19.1. The zero-order chi connectivity index (χ0) is 23.8. The average molecular weight is 470 g/mol. The Bertz CT molecular complexity index is 1190. The molecule has 0 saturated carbocycles. The third-order valence-corrected chi connectivity index (χ3v) is 8.58. The van der Waals surface area contributed by atoms with Gasteiger partial charge in [0.25, 0.3) is 0 Å². The minimum absolute atomic E-state index is 0.0415. The van der Waals surface area contributed by atoms with Crippen LogP contribution in [-0.4, -0.2) is 44.2 Å². The van der Waals surface area contributed by atoms with Gasteiger partial charge in [0.1, 0.15) is 0 Å². The number of hydrogen-bond acceptors (Lipinski definition) is 4. The molecule has 4 rings (SSSR count). The summed E-state index contributed by atoms with van der Waals surface area (Å²) in [7, 11) is -3.73. The average Bonchev–Trinajstić information content (AvgIpc) is 2.80. The number of sulfonamides is 1. The molecule has 0 aliphatic carbocycles. The molecule has 2 amide bonds. The van der Waals surface area contributed by atoms with Gasteiger partial charge in [-0.05, 0) is 86.6 Å². The van der Waals surface area contributed by atoms with Crippen LogP contribution in [0.4, 0.5) is 11.4 Å². The number of carbonyl (C=O) groups excluding carboxylic acids is 2. The first-order valence-corrected chi connectivity index (χ1v) is 12.9. The lowest BCUT2D eigenvalue weighted by molar-refractivity contribution is -0.121. The Hall–Kier alpha value is -2.71. The topological polar surface area (TPSA) is 86.8 Å². The number of amides is 2. The van der Waals surface area contributed by atoms with Crippen LogP contribution in [0.5, 0.6) is 0 Å². The lowest BCUT2D eigenvalue weighted by Gasteiger charge is -2.32. The summed E-state index contributed by atoms with van der Waals surface area (Å²) in [4.78, 5) is 26.7. The number of nitrogens with one attached hydrogen (secondary N) is 1. The Morgan fingerprint density at radius 1 is 1.00 bits per heavy atom. The quantitative estimate of drug-likeness (QED) is 0.741. The van der Waals surface area contributed by atoms with E-state index in [-0.39, 0.29) is 23.3 Å². The number of benzene rings is 2. The van der Waals surface area contributed by atoms with E-state index in [2.05, 4.69) is 5.32 Å². The van der Waals surface area contributed by atoms with Crippen molar-refractivity contribution in [3.63, 3.8) is 0 Å². The number of fused-ring (bicyclic) bond motifs is 1. The van der Waals surface area contributed by atoms with Crippen molar-refractivity contribution < 1.29 is 18.0 Å². The number of carbonyl (C=O) groups is 2. The molecule has 176 valence electrons. The highest BCUT2D eigenvalue weighted by molar-refractivity contribution is 7.89. The predicted molar refractivity (Wildman–Crippen MR) is 129 cm³/mol. The maximum atomic E-state index is 13.4. The fraction of sp³-hybridized carbons (Fsp3) is 0.440. The molecule has 33 heavy (non-hydrogen) atoms. The van der Waals surface area contributed by atoms with E-state index < -0.39 is 15.9 Å². The summed E-state index contributed by atoms with van der Waals surface area (Å²) in [6, 6.07) is 10.8. The third-order valence-electron chi connectivity index (χ3n) is 6.72. The van der Waals surface area contributed by atoms with Gasteiger partial charge in [-0.25, -0.2) is 8.42 Å². The molecular formula is C25H31N3O4S. The number of piperidine rings is 1. The Morgan fingerprint density at radius 3 is 2.52 bits per heavy atom. The van der Waals surface area contributed by atoms with Gasteiger partial charge < -0.3 is 10.2 Å². The predicted octanol–water partition coefficient (Wildman–Crippen LogP) is 3.64. The van der Waals surface area contributed by atoms with Crippen molar-refractivity contribution in [3.8, 4) is 0 Å². The maximum absolute atomic E-state index is 13.4. The molecule has 0 aromatic heterocycles. The SMILES string of the molecule is CC(=O)N1CCCc2cc(S(=O)(=O)N3CCCC(C(=O)Nc4ccc(C)c(C)c4)C3)ccc21. The number of hydrogen-bond donors (Lipinski definition) is 1. The van der Waals surface area contributed by atoms with Gasteiger partial charge in [0.15, 0.2) is 0 Å². The molecule has 2 heterocycles. The fourth-order valence-corrected chi connectivity index (χ4v) is 6.22. The Labute approximate surface area is 195 Å². The second kappa shape index (κ2) is 9.27. The first-order chi connectivity index (χ1) is 15.7. The number of aryl methyl sites for hydroxylation is 3. The van der Waals surface area contributed by atoms with E-state index in [0.717, 1.165) is 40.9 Å². The monoisotopic (exact) mass is 469 g/mol. The van der Waals surface area contributed by atoms with Crippen molar-refractivity contribution in [3.05, 3.63) is 53.1 Å². The Morgan fingerprint density at radius 2 is 1.79 bits per heavy atom. The standard InChI is InChI=1S/C25H31N3O4S/c1-17-8-9-22(14-18(17)2)26-25(30)21-7-4-12-27(16-21)33(31,32)23-10-11-24-20(15-23)6-5-13-28(24)19(3)29/h8-11,14-15,21H,4-7,12-13,16H2,1-3H3,(H,26,30). The van der Waals surface area contributed by atoms with E-state index in [0.29, 0.717) is 25.9 Å². The first kappa shape index (κ1) is 23.4. The van der Waals surface area contributed by atoms with E-state index in [1.54, 1.807) is 23.1 Å². The second-order valence-corrected chi connectivity index (χ2v) is 11.0. The maximum Gasteiger partial charge on any atom is 0.243 e. The van der Waals surface area contributed by atoms with Gasteiger partial charge in [0.05, 0.1) is 10.8 Å². The minimum atomic E-state index is -3.73. The lowest BCUT2D eigenvalue weighted by atomic mass is 9.98. The molecule has 1 atom stereocenters. The summed E-state index contributed by atoms with van der Waals surface area (Å²) in [5, 5.41) is 2.95. The van der Waals surface area contributed by atoms with Gasteiger partial charge in [-0.3, -0.25) is 9.59 Å². The summed E-state index contributed by atoms with van der Waals surface area (Å²) < 4.78 is 28.2. The molecule has 1 unspecified atom stereocenters. The largest absolute Gasteiger partial charge is 0.326 e. The van der Waals surface area contributed by atoms with Crippen molar-refractivity contribution in [1.82, 2.24) is 4.31 Å². The summed E-state index contributed by atoms with van der Waals surface area (Å²) in [5.41, 5.74) is 4.64. The lowest BCUT2D eigenvalue weighted by Crippen LogP contribution is -2.43. The summed E-state index contributed by atoms with van der Waals surface area (Å²) in [5.74, 6) is -0.595. The number of rotatable bonds is 4. The third kappa shape index (κ3) is 4.82. The molecular weight excluding hydrogens is 438 g/mol.